The van der Waals surface area contributed by atoms with Gasteiger partial charge in [-0.1, -0.05) is 24.3 Å². The summed E-state index contributed by atoms with van der Waals surface area (Å²) in [7, 11) is 0. The minimum absolute atomic E-state index is 0.00786. The molecule has 0 saturated carbocycles. The van der Waals surface area contributed by atoms with Crippen molar-refractivity contribution in [3.8, 4) is 11.3 Å². The Kier molecular flexibility index (Phi) is 3.79. The zero-order chi connectivity index (χ0) is 14.7. The van der Waals surface area contributed by atoms with Gasteiger partial charge in [0.1, 0.15) is 0 Å². The Labute approximate surface area is 125 Å². The lowest BCUT2D eigenvalue weighted by Crippen LogP contribution is -2.04. The molecule has 0 amide bonds. The molecule has 0 bridgehead atoms. The van der Waals surface area contributed by atoms with Crippen molar-refractivity contribution in [3.05, 3.63) is 59.4 Å². The Morgan fingerprint density at radius 3 is 2.71 bits per heavy atom. The van der Waals surface area contributed by atoms with E-state index in [0.29, 0.717) is 6.54 Å². The van der Waals surface area contributed by atoms with Gasteiger partial charge in [0.15, 0.2) is 11.6 Å². The lowest BCUT2D eigenvalue weighted by Gasteiger charge is -2.07. The Bertz CT molecular complexity index is 728. The van der Waals surface area contributed by atoms with Crippen molar-refractivity contribution in [2.24, 2.45) is 0 Å². The number of hydrogen-bond acceptors (Lipinski definition) is 4. The topological polar surface area (TPSA) is 66.5 Å². The molecule has 0 spiro atoms. The van der Waals surface area contributed by atoms with Gasteiger partial charge in [0, 0.05) is 12.7 Å². The fourth-order valence-electron chi connectivity index (χ4n) is 1.87. The second kappa shape index (κ2) is 5.88. The highest BCUT2D eigenvalue weighted by atomic mass is 35.5. The van der Waals surface area contributed by atoms with Crippen LogP contribution in [0.25, 0.3) is 11.3 Å². The summed E-state index contributed by atoms with van der Waals surface area (Å²) in [5.41, 5.74) is 2.98. The summed E-state index contributed by atoms with van der Waals surface area (Å²) < 4.78 is 13.5. The number of nitrogens with one attached hydrogen (secondary N) is 2. The molecule has 1 aromatic carbocycles. The molecular weight excluding hydrogens is 293 g/mol. The van der Waals surface area contributed by atoms with Crippen molar-refractivity contribution in [1.29, 1.82) is 0 Å². The van der Waals surface area contributed by atoms with Crippen LogP contribution in [0.1, 0.15) is 5.56 Å². The van der Waals surface area contributed by atoms with E-state index in [2.05, 4.69) is 25.5 Å². The molecular formula is C14H11ClFN5. The Morgan fingerprint density at radius 1 is 1.19 bits per heavy atom. The highest BCUT2D eigenvalue weighted by Crippen LogP contribution is 2.18. The molecule has 0 atom stereocenters. The molecule has 0 radical (unpaired) electrons. The molecule has 21 heavy (non-hydrogen) atoms. The van der Waals surface area contributed by atoms with Gasteiger partial charge in [-0.05, 0) is 28.8 Å². The van der Waals surface area contributed by atoms with Crippen LogP contribution in [0.5, 0.6) is 0 Å². The molecule has 3 rings (SSSR count). The molecule has 0 fully saturated rings. The lowest BCUT2D eigenvalue weighted by molar-refractivity contribution is 0.616. The van der Waals surface area contributed by atoms with E-state index >= 15 is 0 Å². The summed E-state index contributed by atoms with van der Waals surface area (Å²) in [5.74, 6) is -0.443. The number of nitrogens with zero attached hydrogens (tertiary/aromatic N) is 3. The Morgan fingerprint density at radius 2 is 2.00 bits per heavy atom. The van der Waals surface area contributed by atoms with E-state index in [9.17, 15) is 4.39 Å². The van der Waals surface area contributed by atoms with Gasteiger partial charge in [0.25, 0.3) is 0 Å². The highest BCUT2D eigenvalue weighted by molar-refractivity contribution is 6.28. The quantitative estimate of drug-likeness (QED) is 0.726. The molecule has 0 aliphatic heterocycles. The predicted octanol–water partition coefficient (Wildman–Crippen LogP) is 3.27. The minimum atomic E-state index is -0.534. The van der Waals surface area contributed by atoms with Crippen LogP contribution < -0.4 is 5.32 Å². The first kappa shape index (κ1) is 13.5. The molecule has 3 aromatic rings. The van der Waals surface area contributed by atoms with Gasteiger partial charge in [-0.15, -0.1) is 0 Å². The van der Waals surface area contributed by atoms with Gasteiger partial charge in [0.05, 0.1) is 11.9 Å². The summed E-state index contributed by atoms with van der Waals surface area (Å²) in [6.45, 7) is 0.438. The first-order chi connectivity index (χ1) is 10.2. The average molecular weight is 304 g/mol. The zero-order valence-electron chi connectivity index (χ0n) is 10.8. The van der Waals surface area contributed by atoms with E-state index in [1.165, 1.54) is 0 Å². The first-order valence-corrected chi connectivity index (χ1v) is 6.61. The molecule has 2 aromatic heterocycles. The van der Waals surface area contributed by atoms with E-state index in [-0.39, 0.29) is 11.1 Å². The number of H-pyrrole nitrogens is 1. The van der Waals surface area contributed by atoms with Crippen LogP contribution >= 0.6 is 11.6 Å². The van der Waals surface area contributed by atoms with E-state index in [4.69, 9.17) is 11.6 Å². The first-order valence-electron chi connectivity index (χ1n) is 6.23. The van der Waals surface area contributed by atoms with Crippen LogP contribution in [0, 0.1) is 5.82 Å². The number of rotatable bonds is 4. The number of aromatic amines is 1. The average Bonchev–Trinajstić information content (AvgIpc) is 3.03. The van der Waals surface area contributed by atoms with Gasteiger partial charge in [-0.3, -0.25) is 5.10 Å². The largest absolute Gasteiger partial charge is 0.363 e. The monoisotopic (exact) mass is 303 g/mol. The number of aromatic nitrogens is 4. The third-order valence-electron chi connectivity index (χ3n) is 2.94. The highest BCUT2D eigenvalue weighted by Gasteiger charge is 2.05. The van der Waals surface area contributed by atoms with Crippen molar-refractivity contribution >= 4 is 17.4 Å². The van der Waals surface area contributed by atoms with Gasteiger partial charge in [-0.25, -0.2) is 9.37 Å². The summed E-state index contributed by atoms with van der Waals surface area (Å²) in [5, 5.41) is 9.71. The van der Waals surface area contributed by atoms with E-state index in [1.54, 1.807) is 6.20 Å². The van der Waals surface area contributed by atoms with Crippen LogP contribution in [-0.2, 0) is 6.54 Å². The molecule has 0 aliphatic rings. The van der Waals surface area contributed by atoms with Crippen molar-refractivity contribution < 1.29 is 4.39 Å². The van der Waals surface area contributed by atoms with Crippen molar-refractivity contribution in [3.63, 3.8) is 0 Å². The van der Waals surface area contributed by atoms with Gasteiger partial charge >= 0.3 is 0 Å². The smallest absolute Gasteiger partial charge is 0.224 e. The Hall–Kier alpha value is -2.47. The van der Waals surface area contributed by atoms with Crippen LogP contribution in [0.2, 0.25) is 5.28 Å². The molecule has 5 nitrogen and oxygen atoms in total. The van der Waals surface area contributed by atoms with Gasteiger partial charge < -0.3 is 5.32 Å². The van der Waals surface area contributed by atoms with E-state index in [1.807, 2.05) is 30.3 Å². The SMILES string of the molecule is Fc1cnc(Cl)nc1NCc1ccc(-c2ccn[nH]2)cc1. The number of halogens is 2. The minimum Gasteiger partial charge on any atom is -0.363 e. The maximum Gasteiger partial charge on any atom is 0.224 e. The maximum atomic E-state index is 13.5. The number of anilines is 1. The van der Waals surface area contributed by atoms with Crippen LogP contribution in [0.3, 0.4) is 0 Å². The fraction of sp³-hybridized carbons (Fsp3) is 0.0714. The molecule has 0 aliphatic carbocycles. The second-order valence-electron chi connectivity index (χ2n) is 4.36. The van der Waals surface area contributed by atoms with Crippen molar-refractivity contribution in [2.45, 2.75) is 6.54 Å². The zero-order valence-corrected chi connectivity index (χ0v) is 11.6. The molecule has 2 N–H and O–H groups in total. The van der Waals surface area contributed by atoms with Crippen molar-refractivity contribution in [2.75, 3.05) is 5.32 Å². The lowest BCUT2D eigenvalue weighted by atomic mass is 10.1. The summed E-state index contributed by atoms with van der Waals surface area (Å²) in [6, 6.07) is 9.72. The normalized spacial score (nSPS) is 10.6. The third kappa shape index (κ3) is 3.17. The van der Waals surface area contributed by atoms with Gasteiger partial charge in [0.2, 0.25) is 5.28 Å². The van der Waals surface area contributed by atoms with Crippen molar-refractivity contribution in [1.82, 2.24) is 20.2 Å². The standard InChI is InChI=1S/C14H11ClFN5/c15-14-18-8-11(16)13(20-14)17-7-9-1-3-10(4-2-9)12-5-6-19-21-12/h1-6,8H,7H2,(H,19,21)(H,17,18,20). The molecule has 7 heteroatoms. The Balaban J connectivity index is 1.70. The molecule has 106 valence electrons. The molecule has 0 saturated heterocycles. The van der Waals surface area contributed by atoms with Crippen LogP contribution in [0.4, 0.5) is 10.2 Å². The van der Waals surface area contributed by atoms with Crippen LogP contribution in [0.15, 0.2) is 42.7 Å². The fourth-order valence-corrected chi connectivity index (χ4v) is 2.01. The van der Waals surface area contributed by atoms with E-state index in [0.717, 1.165) is 23.0 Å². The number of benzene rings is 1. The second-order valence-corrected chi connectivity index (χ2v) is 4.69. The van der Waals surface area contributed by atoms with Gasteiger partial charge in [-0.2, -0.15) is 10.1 Å². The molecule has 0 unspecified atom stereocenters. The summed E-state index contributed by atoms with van der Waals surface area (Å²) in [6.07, 6.45) is 2.74. The summed E-state index contributed by atoms with van der Waals surface area (Å²) in [4.78, 5) is 7.37. The maximum absolute atomic E-state index is 13.5. The number of hydrogen-bond donors (Lipinski definition) is 2. The summed E-state index contributed by atoms with van der Waals surface area (Å²) >= 11 is 5.64. The third-order valence-corrected chi connectivity index (χ3v) is 3.12. The van der Waals surface area contributed by atoms with Crippen LogP contribution in [-0.4, -0.2) is 20.2 Å². The van der Waals surface area contributed by atoms with E-state index < -0.39 is 5.82 Å². The predicted molar refractivity (Wildman–Crippen MR) is 78.4 cm³/mol. The molecule has 2 heterocycles.